The second-order valence-corrected chi connectivity index (χ2v) is 7.67. The number of ether oxygens (including phenoxy) is 2. The molecule has 0 bridgehead atoms. The molecular weight excluding hydrogens is 416 g/mol. The van der Waals surface area contributed by atoms with Gasteiger partial charge in [0.2, 0.25) is 0 Å². The molecule has 0 N–H and O–H groups in total. The number of nitroso groups, excluding NO2 is 1. The molecule has 0 radical (unpaired) electrons. The smallest absolute Gasteiger partial charge is 0.258 e. The molecule has 0 saturated carbocycles. The highest BCUT2D eigenvalue weighted by atomic mass is 16.5. The van der Waals surface area contributed by atoms with E-state index in [4.69, 9.17) is 9.47 Å². The van der Waals surface area contributed by atoms with Crippen molar-refractivity contribution in [3.05, 3.63) is 63.1 Å². The van der Waals surface area contributed by atoms with Gasteiger partial charge in [-0.25, -0.2) is 0 Å². The van der Waals surface area contributed by atoms with Gasteiger partial charge in [0.15, 0.2) is 0 Å². The van der Waals surface area contributed by atoms with Crippen LogP contribution in [-0.2, 0) is 13.1 Å². The number of benzene rings is 2. The van der Waals surface area contributed by atoms with Gasteiger partial charge in [0.05, 0.1) is 19.8 Å². The van der Waals surface area contributed by atoms with Crippen LogP contribution in [0, 0.1) is 4.91 Å². The maximum absolute atomic E-state index is 13.3. The molecule has 33 heavy (non-hydrogen) atoms. The predicted molar refractivity (Wildman–Crippen MR) is 135 cm³/mol. The summed E-state index contributed by atoms with van der Waals surface area (Å²) in [5.74, 6) is 1.35. The Labute approximate surface area is 199 Å². The molecule has 2 aromatic carbocycles. The maximum Gasteiger partial charge on any atom is 0.258 e. The number of nitrogens with zero attached hydrogens (tertiary/aromatic N) is 2. The molecule has 6 nitrogen and oxygen atoms in total. The summed E-state index contributed by atoms with van der Waals surface area (Å²) in [6, 6.07) is 9.25. The van der Waals surface area contributed by atoms with Crippen LogP contribution in [0.5, 0.6) is 11.5 Å². The third kappa shape index (κ3) is 6.34. The van der Waals surface area contributed by atoms with Crippen LogP contribution in [0.4, 0.5) is 0 Å². The second kappa shape index (κ2) is 13.6. The summed E-state index contributed by atoms with van der Waals surface area (Å²) >= 11 is 0. The maximum atomic E-state index is 13.3. The van der Waals surface area contributed by atoms with Crippen molar-refractivity contribution in [3.63, 3.8) is 0 Å². The number of carbonyl (C=O) groups is 1. The van der Waals surface area contributed by atoms with Gasteiger partial charge in [0.25, 0.3) is 5.91 Å². The fourth-order valence-electron chi connectivity index (χ4n) is 3.85. The molecule has 1 amide bonds. The van der Waals surface area contributed by atoms with Crippen molar-refractivity contribution >= 4 is 5.91 Å². The lowest BCUT2D eigenvalue weighted by Crippen LogP contribution is -2.26. The van der Waals surface area contributed by atoms with Crippen molar-refractivity contribution in [2.24, 2.45) is 5.18 Å². The van der Waals surface area contributed by atoms with Crippen LogP contribution in [0.2, 0.25) is 0 Å². The fraction of sp³-hybridized carbons (Fsp3) is 0.519. The lowest BCUT2D eigenvalue weighted by atomic mass is 9.98. The van der Waals surface area contributed by atoms with Crippen LogP contribution in [0.15, 0.2) is 35.5 Å². The third-order valence-electron chi connectivity index (χ3n) is 5.54. The third-order valence-corrected chi connectivity index (χ3v) is 5.54. The highest BCUT2D eigenvalue weighted by Gasteiger charge is 2.28. The van der Waals surface area contributed by atoms with Gasteiger partial charge in [-0.15, -0.1) is 0 Å². The molecule has 2 aromatic rings. The van der Waals surface area contributed by atoms with Gasteiger partial charge in [-0.3, -0.25) is 4.79 Å². The highest BCUT2D eigenvalue weighted by Crippen LogP contribution is 2.36. The number of rotatable bonds is 7. The zero-order valence-electron chi connectivity index (χ0n) is 21.7. The summed E-state index contributed by atoms with van der Waals surface area (Å²) in [6.45, 7) is 15.1. The highest BCUT2D eigenvalue weighted by molar-refractivity contribution is 5.97. The minimum Gasteiger partial charge on any atom is -0.496 e. The molecule has 3 rings (SSSR count). The SMILES string of the molecule is CC.CC.CCC(N=O)c1ccc2c(c1)CN(C(=O)c1cc(C(C)C)c(OC)cc1OC)C2. The first-order valence-corrected chi connectivity index (χ1v) is 11.9. The summed E-state index contributed by atoms with van der Waals surface area (Å²) in [6.07, 6.45) is 0.659. The Balaban J connectivity index is 0.00000129. The number of hydrogen-bond acceptors (Lipinski definition) is 5. The summed E-state index contributed by atoms with van der Waals surface area (Å²) in [5, 5.41) is 3.21. The average molecular weight is 457 g/mol. The van der Waals surface area contributed by atoms with Crippen molar-refractivity contribution in [3.8, 4) is 11.5 Å². The first-order valence-electron chi connectivity index (χ1n) is 11.9. The molecule has 1 heterocycles. The summed E-state index contributed by atoms with van der Waals surface area (Å²) in [7, 11) is 3.18. The number of carbonyl (C=O) groups excluding carboxylic acids is 1. The van der Waals surface area contributed by atoms with E-state index < -0.39 is 0 Å². The van der Waals surface area contributed by atoms with Gasteiger partial charge >= 0.3 is 0 Å². The van der Waals surface area contributed by atoms with E-state index in [1.54, 1.807) is 25.2 Å². The Hall–Kier alpha value is -2.89. The van der Waals surface area contributed by atoms with Crippen molar-refractivity contribution < 1.29 is 14.3 Å². The number of methoxy groups -OCH3 is 2. The van der Waals surface area contributed by atoms with Crippen LogP contribution < -0.4 is 9.47 Å². The molecule has 0 saturated heterocycles. The monoisotopic (exact) mass is 456 g/mol. The molecular formula is C27H40N2O4. The van der Waals surface area contributed by atoms with E-state index in [1.165, 1.54) is 0 Å². The molecule has 0 aliphatic carbocycles. The lowest BCUT2D eigenvalue weighted by molar-refractivity contribution is 0.0747. The minimum atomic E-state index is -0.347. The largest absolute Gasteiger partial charge is 0.496 e. The second-order valence-electron chi connectivity index (χ2n) is 7.67. The van der Waals surface area contributed by atoms with E-state index in [9.17, 15) is 9.70 Å². The summed E-state index contributed by atoms with van der Waals surface area (Å²) in [5.41, 5.74) is 4.57. The molecule has 0 fully saturated rings. The van der Waals surface area contributed by atoms with Crippen molar-refractivity contribution in [1.82, 2.24) is 4.90 Å². The molecule has 0 spiro atoms. The Bertz CT molecular complexity index is 925. The van der Waals surface area contributed by atoms with Gasteiger partial charge in [0, 0.05) is 19.2 Å². The van der Waals surface area contributed by atoms with Crippen molar-refractivity contribution in [1.29, 1.82) is 0 Å². The molecule has 1 aliphatic heterocycles. The van der Waals surface area contributed by atoms with Crippen LogP contribution >= 0.6 is 0 Å². The average Bonchev–Trinajstić information content (AvgIpc) is 3.29. The predicted octanol–water partition coefficient (Wildman–Crippen LogP) is 7.25. The minimum absolute atomic E-state index is 0.0790. The van der Waals surface area contributed by atoms with Crippen LogP contribution in [0.25, 0.3) is 0 Å². The number of amides is 1. The van der Waals surface area contributed by atoms with Gasteiger partial charge in [-0.2, -0.15) is 4.91 Å². The van der Waals surface area contributed by atoms with E-state index >= 15 is 0 Å². The topological polar surface area (TPSA) is 68.2 Å². The number of hydrogen-bond donors (Lipinski definition) is 0. The zero-order valence-corrected chi connectivity index (χ0v) is 21.7. The quantitative estimate of drug-likeness (QED) is 0.411. The standard InChI is InChI=1S/C23H28N2O4.2C2H6/c1-6-20(24-27)15-7-8-16-12-25(13-17(16)9-15)23(26)19-10-18(14(2)3)21(28-4)11-22(19)29-5;2*1-2/h7-11,14,20H,6,12-13H2,1-5H3;2*1-2H3. The van der Waals surface area contributed by atoms with E-state index in [2.05, 4.69) is 19.0 Å². The molecule has 6 heteroatoms. The Morgan fingerprint density at radius 3 is 2.09 bits per heavy atom. The molecule has 1 atom stereocenters. The lowest BCUT2D eigenvalue weighted by Gasteiger charge is -2.20. The summed E-state index contributed by atoms with van der Waals surface area (Å²) in [4.78, 5) is 26.2. The normalized spacial score (nSPS) is 12.6. The van der Waals surface area contributed by atoms with E-state index in [0.717, 1.165) is 28.0 Å². The fourth-order valence-corrected chi connectivity index (χ4v) is 3.85. The molecule has 1 unspecified atom stereocenters. The van der Waals surface area contributed by atoms with Gasteiger partial charge < -0.3 is 14.4 Å². The first-order chi connectivity index (χ1) is 15.9. The van der Waals surface area contributed by atoms with Crippen LogP contribution in [0.1, 0.15) is 99.5 Å². The van der Waals surface area contributed by atoms with Gasteiger partial charge in [-0.05, 0) is 40.7 Å². The van der Waals surface area contributed by atoms with Gasteiger partial charge in [0.1, 0.15) is 17.5 Å². The molecule has 182 valence electrons. The number of fused-ring (bicyclic) bond motifs is 1. The first kappa shape index (κ1) is 28.1. The Morgan fingerprint density at radius 1 is 0.970 bits per heavy atom. The van der Waals surface area contributed by atoms with Crippen molar-refractivity contribution in [2.75, 3.05) is 14.2 Å². The summed E-state index contributed by atoms with van der Waals surface area (Å²) < 4.78 is 11.0. The Morgan fingerprint density at radius 2 is 1.58 bits per heavy atom. The zero-order chi connectivity index (χ0) is 25.1. The van der Waals surface area contributed by atoms with E-state index in [1.807, 2.05) is 58.9 Å². The molecule has 0 aromatic heterocycles. The van der Waals surface area contributed by atoms with E-state index in [-0.39, 0.29) is 17.9 Å². The Kier molecular flexibility index (Phi) is 11.6. The van der Waals surface area contributed by atoms with Crippen LogP contribution in [0.3, 0.4) is 0 Å². The van der Waals surface area contributed by atoms with E-state index in [0.29, 0.717) is 30.8 Å². The van der Waals surface area contributed by atoms with Crippen molar-refractivity contribution in [2.45, 2.75) is 79.9 Å². The van der Waals surface area contributed by atoms with Crippen LogP contribution in [-0.4, -0.2) is 25.0 Å². The molecule has 1 aliphatic rings. The van der Waals surface area contributed by atoms with Gasteiger partial charge in [-0.1, -0.05) is 71.8 Å².